The Kier molecular flexibility index (Phi) is 9.73. The first-order valence-corrected chi connectivity index (χ1v) is 12.8. The van der Waals surface area contributed by atoms with E-state index < -0.39 is 28.5 Å². The van der Waals surface area contributed by atoms with E-state index in [1.165, 1.54) is 25.2 Å². The van der Waals surface area contributed by atoms with Crippen LogP contribution in [0.1, 0.15) is 25.8 Å². The van der Waals surface area contributed by atoms with Gasteiger partial charge in [-0.15, -0.1) is 0 Å². The van der Waals surface area contributed by atoms with Crippen molar-refractivity contribution in [1.29, 1.82) is 0 Å². The fourth-order valence-corrected chi connectivity index (χ4v) is 4.43. The van der Waals surface area contributed by atoms with Crippen LogP contribution in [-0.2, 0) is 26.2 Å². The minimum atomic E-state index is -3.87. The summed E-state index contributed by atoms with van der Waals surface area (Å²) in [4.78, 5) is 27.8. The van der Waals surface area contributed by atoms with Gasteiger partial charge in [-0.25, -0.2) is 8.42 Å². The van der Waals surface area contributed by atoms with Crippen LogP contribution in [0.25, 0.3) is 0 Å². The fourth-order valence-electron chi connectivity index (χ4n) is 3.58. The summed E-state index contributed by atoms with van der Waals surface area (Å²) in [6.45, 7) is 3.69. The summed E-state index contributed by atoms with van der Waals surface area (Å²) in [5, 5.41) is 2.77. The van der Waals surface area contributed by atoms with Crippen molar-refractivity contribution in [3.8, 4) is 11.5 Å². The fraction of sp³-hybridized carbons (Fsp3) is 0.417. The third-order valence-corrected chi connectivity index (χ3v) is 6.39. The van der Waals surface area contributed by atoms with Gasteiger partial charge in [0.15, 0.2) is 0 Å². The average molecular weight is 492 g/mol. The zero-order valence-electron chi connectivity index (χ0n) is 20.3. The van der Waals surface area contributed by atoms with Gasteiger partial charge in [0.1, 0.15) is 24.1 Å². The van der Waals surface area contributed by atoms with Crippen LogP contribution < -0.4 is 19.1 Å². The van der Waals surface area contributed by atoms with Crippen LogP contribution in [-0.4, -0.2) is 64.7 Å². The van der Waals surface area contributed by atoms with Crippen molar-refractivity contribution < 1.29 is 27.5 Å². The molecule has 2 aromatic carbocycles. The molecule has 0 spiro atoms. The van der Waals surface area contributed by atoms with Crippen molar-refractivity contribution in [2.45, 2.75) is 32.9 Å². The van der Waals surface area contributed by atoms with Gasteiger partial charge in [0.25, 0.3) is 0 Å². The van der Waals surface area contributed by atoms with E-state index in [0.29, 0.717) is 18.7 Å². The van der Waals surface area contributed by atoms with Crippen LogP contribution >= 0.6 is 0 Å². The molecule has 0 saturated carbocycles. The van der Waals surface area contributed by atoms with Crippen LogP contribution in [0.4, 0.5) is 5.69 Å². The SMILES string of the molecule is CCNC(=O)C(CC)N(Cc1ccccc1)C(=O)CN(c1ccc(OC)cc1OC)S(C)(=O)=O. The minimum absolute atomic E-state index is 0.159. The molecule has 0 aliphatic rings. The number of anilines is 1. The number of amides is 2. The molecule has 2 rings (SSSR count). The topological polar surface area (TPSA) is 105 Å². The van der Waals surface area contributed by atoms with Crippen LogP contribution in [0.15, 0.2) is 48.5 Å². The monoisotopic (exact) mass is 491 g/mol. The molecule has 34 heavy (non-hydrogen) atoms. The Hall–Kier alpha value is -3.27. The second kappa shape index (κ2) is 12.3. The second-order valence-corrected chi connectivity index (χ2v) is 9.54. The molecule has 1 atom stereocenters. The number of nitrogens with zero attached hydrogens (tertiary/aromatic N) is 2. The maximum atomic E-state index is 13.6. The number of benzene rings is 2. The largest absolute Gasteiger partial charge is 0.497 e. The normalized spacial score (nSPS) is 11.9. The Balaban J connectivity index is 2.48. The molecular formula is C24H33N3O6S. The summed E-state index contributed by atoms with van der Waals surface area (Å²) in [5.41, 5.74) is 1.02. The lowest BCUT2D eigenvalue weighted by Crippen LogP contribution is -2.52. The first-order chi connectivity index (χ1) is 16.2. The molecule has 2 amide bonds. The molecular weight excluding hydrogens is 458 g/mol. The third kappa shape index (κ3) is 6.86. The molecule has 2 aromatic rings. The van der Waals surface area contributed by atoms with Crippen molar-refractivity contribution >= 4 is 27.5 Å². The number of rotatable bonds is 12. The van der Waals surface area contributed by atoms with Gasteiger partial charge in [0.2, 0.25) is 21.8 Å². The molecule has 186 valence electrons. The van der Waals surface area contributed by atoms with E-state index in [2.05, 4.69) is 5.32 Å². The summed E-state index contributed by atoms with van der Waals surface area (Å²) in [6, 6.07) is 13.2. The Labute approximate surface area is 201 Å². The zero-order valence-corrected chi connectivity index (χ0v) is 21.1. The molecule has 0 bridgehead atoms. The number of carbonyl (C=O) groups is 2. The predicted octanol–water partition coefficient (Wildman–Crippen LogP) is 2.41. The van der Waals surface area contributed by atoms with Gasteiger partial charge in [0, 0.05) is 19.2 Å². The highest BCUT2D eigenvalue weighted by Crippen LogP contribution is 2.33. The van der Waals surface area contributed by atoms with Crippen LogP contribution in [0.2, 0.25) is 0 Å². The van der Waals surface area contributed by atoms with Gasteiger partial charge in [-0.3, -0.25) is 13.9 Å². The van der Waals surface area contributed by atoms with E-state index in [9.17, 15) is 18.0 Å². The maximum absolute atomic E-state index is 13.6. The van der Waals surface area contributed by atoms with Crippen LogP contribution in [0.5, 0.6) is 11.5 Å². The predicted molar refractivity (Wildman–Crippen MR) is 131 cm³/mol. The lowest BCUT2D eigenvalue weighted by Gasteiger charge is -2.33. The van der Waals surface area contributed by atoms with Crippen molar-refractivity contribution in [2.24, 2.45) is 0 Å². The molecule has 0 radical (unpaired) electrons. The van der Waals surface area contributed by atoms with Crippen molar-refractivity contribution in [1.82, 2.24) is 10.2 Å². The number of hydrogen-bond acceptors (Lipinski definition) is 6. The van der Waals surface area contributed by atoms with E-state index in [1.807, 2.05) is 37.3 Å². The average Bonchev–Trinajstić information content (AvgIpc) is 2.82. The van der Waals surface area contributed by atoms with E-state index in [1.54, 1.807) is 19.1 Å². The van der Waals surface area contributed by atoms with E-state index in [-0.39, 0.29) is 23.9 Å². The molecule has 10 heteroatoms. The Morgan fingerprint density at radius 2 is 1.71 bits per heavy atom. The van der Waals surface area contributed by atoms with Crippen molar-refractivity contribution in [3.63, 3.8) is 0 Å². The van der Waals surface area contributed by atoms with Gasteiger partial charge in [0.05, 0.1) is 26.2 Å². The Bertz CT molecular complexity index is 1080. The lowest BCUT2D eigenvalue weighted by atomic mass is 10.1. The highest BCUT2D eigenvalue weighted by atomic mass is 32.2. The number of sulfonamides is 1. The maximum Gasteiger partial charge on any atom is 0.244 e. The Morgan fingerprint density at radius 3 is 2.24 bits per heavy atom. The number of ether oxygens (including phenoxy) is 2. The Morgan fingerprint density at radius 1 is 1.03 bits per heavy atom. The number of nitrogens with one attached hydrogen (secondary N) is 1. The van der Waals surface area contributed by atoms with E-state index in [4.69, 9.17) is 9.47 Å². The third-order valence-electron chi connectivity index (χ3n) is 5.27. The van der Waals surface area contributed by atoms with Crippen molar-refractivity contribution in [3.05, 3.63) is 54.1 Å². The standard InChI is InChI=1S/C24H33N3O6S/c1-6-20(24(29)25-7-2)26(16-18-11-9-8-10-12-18)23(28)17-27(34(5,30)31)21-14-13-19(32-3)15-22(21)33-4/h8-15,20H,6-7,16-17H2,1-5H3,(H,25,29). The first-order valence-electron chi connectivity index (χ1n) is 11.0. The van der Waals surface area contributed by atoms with Gasteiger partial charge in [-0.1, -0.05) is 37.3 Å². The first kappa shape index (κ1) is 27.0. The summed E-state index contributed by atoms with van der Waals surface area (Å²) in [6.07, 6.45) is 1.39. The molecule has 0 saturated heterocycles. The highest BCUT2D eigenvalue weighted by molar-refractivity contribution is 7.92. The number of methoxy groups -OCH3 is 2. The molecule has 1 N–H and O–H groups in total. The van der Waals surface area contributed by atoms with Crippen molar-refractivity contribution in [2.75, 3.05) is 37.9 Å². The number of hydrogen-bond donors (Lipinski definition) is 1. The quantitative estimate of drug-likeness (QED) is 0.489. The number of likely N-dealkylation sites (N-methyl/N-ethyl adjacent to an activating group) is 1. The second-order valence-electron chi connectivity index (χ2n) is 7.63. The highest BCUT2D eigenvalue weighted by Gasteiger charge is 2.32. The van der Waals surface area contributed by atoms with E-state index >= 15 is 0 Å². The molecule has 0 aromatic heterocycles. The van der Waals surface area contributed by atoms with E-state index in [0.717, 1.165) is 16.1 Å². The molecule has 0 aliphatic heterocycles. The minimum Gasteiger partial charge on any atom is -0.497 e. The number of carbonyl (C=O) groups excluding carboxylic acids is 2. The molecule has 0 fully saturated rings. The summed E-state index contributed by atoms with van der Waals surface area (Å²) < 4.78 is 37.0. The molecule has 9 nitrogen and oxygen atoms in total. The van der Waals surface area contributed by atoms with Crippen LogP contribution in [0, 0.1) is 0 Å². The smallest absolute Gasteiger partial charge is 0.244 e. The summed E-state index contributed by atoms with van der Waals surface area (Å²) in [7, 11) is -0.977. The molecule has 1 unspecified atom stereocenters. The van der Waals surface area contributed by atoms with Gasteiger partial charge in [-0.2, -0.15) is 0 Å². The zero-order chi connectivity index (χ0) is 25.3. The van der Waals surface area contributed by atoms with Gasteiger partial charge in [-0.05, 0) is 31.0 Å². The molecule has 0 aliphatic carbocycles. The lowest BCUT2D eigenvalue weighted by molar-refractivity contribution is -0.140. The summed E-state index contributed by atoms with van der Waals surface area (Å²) >= 11 is 0. The summed E-state index contributed by atoms with van der Waals surface area (Å²) in [5.74, 6) is -0.0798. The van der Waals surface area contributed by atoms with Gasteiger partial charge >= 0.3 is 0 Å². The van der Waals surface area contributed by atoms with Crippen LogP contribution in [0.3, 0.4) is 0 Å². The van der Waals surface area contributed by atoms with Gasteiger partial charge < -0.3 is 19.7 Å². The molecule has 0 heterocycles.